The van der Waals surface area contributed by atoms with Crippen LogP contribution in [0, 0.1) is 0 Å². The van der Waals surface area contributed by atoms with Gasteiger partial charge in [-0.15, -0.1) is 0 Å². The highest BCUT2D eigenvalue weighted by atomic mass is 16.5. The number of carbonyl (C=O) groups is 2. The van der Waals surface area contributed by atoms with E-state index in [-0.39, 0.29) is 11.9 Å². The minimum Gasteiger partial charge on any atom is -0.465 e. The molecule has 0 fully saturated rings. The summed E-state index contributed by atoms with van der Waals surface area (Å²) in [5.74, 6) is -0.543. The van der Waals surface area contributed by atoms with Crippen molar-refractivity contribution in [3.63, 3.8) is 0 Å². The molecule has 0 radical (unpaired) electrons. The van der Waals surface area contributed by atoms with Gasteiger partial charge in [0.2, 0.25) is 0 Å². The highest BCUT2D eigenvalue weighted by Crippen LogP contribution is 2.18. The van der Waals surface area contributed by atoms with Crippen LogP contribution in [0.4, 0.5) is 11.4 Å². The molecule has 0 aliphatic heterocycles. The van der Waals surface area contributed by atoms with Crippen molar-refractivity contribution in [3.8, 4) is 0 Å². The third-order valence-electron chi connectivity index (χ3n) is 4.18. The summed E-state index contributed by atoms with van der Waals surface area (Å²) in [7, 11) is 3.10. The summed E-state index contributed by atoms with van der Waals surface area (Å²) in [5.41, 5.74) is 3.40. The fourth-order valence-corrected chi connectivity index (χ4v) is 2.72. The lowest BCUT2D eigenvalue weighted by Gasteiger charge is -2.17. The Labute approximate surface area is 163 Å². The van der Waals surface area contributed by atoms with Crippen molar-refractivity contribution < 1.29 is 14.3 Å². The van der Waals surface area contributed by atoms with Gasteiger partial charge < -0.3 is 15.0 Å². The Kier molecular flexibility index (Phi) is 6.01. The number of aromatic nitrogens is 1. The third-order valence-corrected chi connectivity index (χ3v) is 4.18. The van der Waals surface area contributed by atoms with E-state index in [1.165, 1.54) is 7.11 Å². The van der Waals surface area contributed by atoms with E-state index in [4.69, 9.17) is 4.74 Å². The molecule has 0 saturated carbocycles. The van der Waals surface area contributed by atoms with Gasteiger partial charge in [-0.1, -0.05) is 30.3 Å². The Balaban J connectivity index is 1.69. The lowest BCUT2D eigenvalue weighted by atomic mass is 10.2. The number of carbonyl (C=O) groups excluding carboxylic acids is 2. The number of pyridine rings is 1. The van der Waals surface area contributed by atoms with E-state index < -0.39 is 0 Å². The largest absolute Gasteiger partial charge is 0.465 e. The molecule has 6 heteroatoms. The maximum atomic E-state index is 12.7. The van der Waals surface area contributed by atoms with Gasteiger partial charge in [-0.05, 0) is 42.0 Å². The molecule has 28 heavy (non-hydrogen) atoms. The van der Waals surface area contributed by atoms with Crippen LogP contribution in [0.5, 0.6) is 0 Å². The zero-order valence-electron chi connectivity index (χ0n) is 15.8. The molecule has 142 valence electrons. The van der Waals surface area contributed by atoms with E-state index in [1.807, 2.05) is 30.3 Å². The second kappa shape index (κ2) is 8.81. The first-order valence-corrected chi connectivity index (χ1v) is 8.77. The van der Waals surface area contributed by atoms with Crippen molar-refractivity contribution in [3.05, 3.63) is 89.7 Å². The number of methoxy groups -OCH3 is 1. The molecule has 0 atom stereocenters. The molecule has 6 nitrogen and oxygen atoms in total. The molecule has 0 spiro atoms. The summed E-state index contributed by atoms with van der Waals surface area (Å²) in [5, 5.41) is 3.21. The highest BCUT2D eigenvalue weighted by molar-refractivity contribution is 5.93. The zero-order chi connectivity index (χ0) is 19.9. The van der Waals surface area contributed by atoms with Crippen LogP contribution in [0.15, 0.2) is 72.9 Å². The topological polar surface area (TPSA) is 71.5 Å². The number of hydrogen-bond acceptors (Lipinski definition) is 5. The van der Waals surface area contributed by atoms with Gasteiger partial charge in [0.25, 0.3) is 5.91 Å². The van der Waals surface area contributed by atoms with Gasteiger partial charge in [0, 0.05) is 31.2 Å². The van der Waals surface area contributed by atoms with Crippen molar-refractivity contribution in [2.24, 2.45) is 0 Å². The number of benzene rings is 2. The zero-order valence-corrected chi connectivity index (χ0v) is 15.8. The van der Waals surface area contributed by atoms with Gasteiger partial charge in [0.15, 0.2) is 0 Å². The molecule has 1 amide bonds. The quantitative estimate of drug-likeness (QED) is 0.662. The SMILES string of the molecule is COC(=O)c1ccc(Nc2ccnc(C(=O)N(C)Cc3ccccc3)c2)cc1. The standard InChI is InChI=1S/C22H21N3O3/c1-25(15-16-6-4-3-5-7-16)21(26)20-14-19(12-13-23-20)24-18-10-8-17(9-11-18)22(27)28-2/h3-14H,15H2,1-2H3,(H,23,24). The molecule has 1 N–H and O–H groups in total. The summed E-state index contributed by atoms with van der Waals surface area (Å²) < 4.78 is 4.69. The van der Waals surface area contributed by atoms with Gasteiger partial charge in [0.1, 0.15) is 5.69 Å². The summed E-state index contributed by atoms with van der Waals surface area (Å²) in [4.78, 5) is 30.0. The number of hydrogen-bond donors (Lipinski definition) is 1. The summed E-state index contributed by atoms with van der Waals surface area (Å²) in [6, 6.07) is 20.2. The van der Waals surface area contributed by atoms with Crippen molar-refractivity contribution >= 4 is 23.3 Å². The normalized spacial score (nSPS) is 10.2. The number of ether oxygens (including phenoxy) is 1. The summed E-state index contributed by atoms with van der Waals surface area (Å²) in [6.45, 7) is 0.508. The maximum Gasteiger partial charge on any atom is 0.337 e. The van der Waals surface area contributed by atoms with E-state index in [0.29, 0.717) is 17.8 Å². The van der Waals surface area contributed by atoms with E-state index in [0.717, 1.165) is 16.9 Å². The van der Waals surface area contributed by atoms with Gasteiger partial charge in [-0.25, -0.2) is 4.79 Å². The monoisotopic (exact) mass is 375 g/mol. The summed E-state index contributed by atoms with van der Waals surface area (Å²) in [6.07, 6.45) is 1.59. The van der Waals surface area contributed by atoms with Crippen molar-refractivity contribution in [2.45, 2.75) is 6.54 Å². The molecule has 0 bridgehead atoms. The molecule has 2 aromatic carbocycles. The second-order valence-corrected chi connectivity index (χ2v) is 6.27. The van der Waals surface area contributed by atoms with Gasteiger partial charge in [-0.3, -0.25) is 9.78 Å². The van der Waals surface area contributed by atoms with Crippen molar-refractivity contribution in [1.82, 2.24) is 9.88 Å². The average Bonchev–Trinajstić information content (AvgIpc) is 2.74. The molecule has 0 aliphatic rings. The van der Waals surface area contributed by atoms with Crippen LogP contribution in [0.25, 0.3) is 0 Å². The first-order valence-electron chi connectivity index (χ1n) is 8.77. The van der Waals surface area contributed by atoms with Gasteiger partial charge >= 0.3 is 5.97 Å². The molecule has 3 rings (SSSR count). The number of nitrogens with zero attached hydrogens (tertiary/aromatic N) is 2. The number of esters is 1. The predicted molar refractivity (Wildman–Crippen MR) is 108 cm³/mol. The van der Waals surface area contributed by atoms with Gasteiger partial charge in [-0.2, -0.15) is 0 Å². The Hall–Kier alpha value is -3.67. The van der Waals surface area contributed by atoms with Crippen molar-refractivity contribution in [1.29, 1.82) is 0 Å². The Morgan fingerprint density at radius 3 is 2.39 bits per heavy atom. The fourth-order valence-electron chi connectivity index (χ4n) is 2.72. The molecular formula is C22H21N3O3. The molecule has 0 saturated heterocycles. The molecule has 0 aliphatic carbocycles. The van der Waals surface area contributed by atoms with Crippen LogP contribution < -0.4 is 5.32 Å². The Morgan fingerprint density at radius 1 is 1.00 bits per heavy atom. The van der Waals surface area contributed by atoms with Crippen LogP contribution in [-0.2, 0) is 11.3 Å². The van der Waals surface area contributed by atoms with Crippen LogP contribution in [0.2, 0.25) is 0 Å². The lowest BCUT2D eigenvalue weighted by molar-refractivity contribution is 0.0600. The lowest BCUT2D eigenvalue weighted by Crippen LogP contribution is -2.27. The Morgan fingerprint density at radius 2 is 1.71 bits per heavy atom. The number of anilines is 2. The van der Waals surface area contributed by atoms with Crippen molar-refractivity contribution in [2.75, 3.05) is 19.5 Å². The van der Waals surface area contributed by atoms with E-state index in [9.17, 15) is 9.59 Å². The minimum atomic E-state index is -0.384. The predicted octanol–water partition coefficient (Wildman–Crippen LogP) is 3.88. The van der Waals surface area contributed by atoms with E-state index in [1.54, 1.807) is 54.5 Å². The first kappa shape index (κ1) is 19.1. The molecule has 3 aromatic rings. The second-order valence-electron chi connectivity index (χ2n) is 6.27. The summed E-state index contributed by atoms with van der Waals surface area (Å²) >= 11 is 0. The van der Waals surface area contributed by atoms with Crippen LogP contribution in [0.1, 0.15) is 26.4 Å². The van der Waals surface area contributed by atoms with Crippen LogP contribution in [-0.4, -0.2) is 35.9 Å². The highest BCUT2D eigenvalue weighted by Gasteiger charge is 2.14. The number of nitrogens with one attached hydrogen (secondary N) is 1. The molecular weight excluding hydrogens is 354 g/mol. The smallest absolute Gasteiger partial charge is 0.337 e. The average molecular weight is 375 g/mol. The number of rotatable bonds is 6. The fraction of sp³-hybridized carbons (Fsp3) is 0.136. The Bertz CT molecular complexity index is 956. The van der Waals surface area contributed by atoms with Gasteiger partial charge in [0.05, 0.1) is 12.7 Å². The maximum absolute atomic E-state index is 12.7. The minimum absolute atomic E-state index is 0.159. The van der Waals surface area contributed by atoms with Crippen LogP contribution >= 0.6 is 0 Å². The molecule has 1 heterocycles. The molecule has 0 unspecified atom stereocenters. The number of amides is 1. The first-order chi connectivity index (χ1) is 13.6. The van der Waals surface area contributed by atoms with Crippen LogP contribution in [0.3, 0.4) is 0 Å². The third kappa shape index (κ3) is 4.73. The van der Waals surface area contributed by atoms with E-state index in [2.05, 4.69) is 10.3 Å². The molecule has 1 aromatic heterocycles. The van der Waals surface area contributed by atoms with E-state index >= 15 is 0 Å².